The van der Waals surface area contributed by atoms with E-state index in [2.05, 4.69) is 5.32 Å². The summed E-state index contributed by atoms with van der Waals surface area (Å²) in [6, 6.07) is 0. The minimum atomic E-state index is -0.463. The van der Waals surface area contributed by atoms with Crippen molar-refractivity contribution in [2.75, 3.05) is 13.1 Å². The third-order valence-corrected chi connectivity index (χ3v) is 3.10. The summed E-state index contributed by atoms with van der Waals surface area (Å²) in [7, 11) is 0. The molecule has 0 bridgehead atoms. The van der Waals surface area contributed by atoms with Crippen molar-refractivity contribution in [3.05, 3.63) is 0 Å². The molecule has 0 aliphatic carbocycles. The maximum absolute atomic E-state index is 11.7. The number of likely N-dealkylation sites (tertiary alicyclic amines) is 1. The first-order valence-electron chi connectivity index (χ1n) is 6.09. The van der Waals surface area contributed by atoms with Gasteiger partial charge in [-0.1, -0.05) is 0 Å². The van der Waals surface area contributed by atoms with Gasteiger partial charge in [0.25, 0.3) is 0 Å². The quantitative estimate of drug-likeness (QED) is 0.694. The summed E-state index contributed by atoms with van der Waals surface area (Å²) in [5.41, 5.74) is -0.637. The Labute approximate surface area is 101 Å². The first kappa shape index (κ1) is 12.2. The number of hydrogen-bond acceptors (Lipinski definition) is 3. The molecule has 2 fully saturated rings. The van der Waals surface area contributed by atoms with Gasteiger partial charge in [0, 0.05) is 19.5 Å². The van der Waals surface area contributed by atoms with E-state index in [9.17, 15) is 9.59 Å². The molecule has 0 unspecified atom stereocenters. The lowest BCUT2D eigenvalue weighted by Gasteiger charge is -2.51. The van der Waals surface area contributed by atoms with Crippen LogP contribution in [0.3, 0.4) is 0 Å². The van der Waals surface area contributed by atoms with E-state index in [0.29, 0.717) is 19.5 Å². The molecule has 1 N–H and O–H groups in total. The molecule has 2 saturated heterocycles. The highest BCUT2D eigenvalue weighted by Gasteiger charge is 2.48. The van der Waals surface area contributed by atoms with Gasteiger partial charge in [0.2, 0.25) is 5.91 Å². The van der Waals surface area contributed by atoms with Crippen LogP contribution in [0.25, 0.3) is 0 Å². The molecule has 2 rings (SSSR count). The summed E-state index contributed by atoms with van der Waals surface area (Å²) < 4.78 is 5.28. The smallest absolute Gasteiger partial charge is 0.410 e. The summed E-state index contributed by atoms with van der Waals surface area (Å²) in [4.78, 5) is 24.7. The van der Waals surface area contributed by atoms with Crippen molar-refractivity contribution in [3.8, 4) is 0 Å². The maximum atomic E-state index is 11.7. The maximum Gasteiger partial charge on any atom is 0.410 e. The molecule has 96 valence electrons. The van der Waals surface area contributed by atoms with Gasteiger partial charge in [-0.3, -0.25) is 4.79 Å². The number of rotatable bonds is 0. The molecule has 2 aliphatic heterocycles. The molecule has 2 amide bonds. The highest BCUT2D eigenvalue weighted by atomic mass is 16.6. The van der Waals surface area contributed by atoms with Crippen LogP contribution < -0.4 is 5.32 Å². The topological polar surface area (TPSA) is 58.6 Å². The summed E-state index contributed by atoms with van der Waals surface area (Å²) in [5.74, 6) is 0.0973. The van der Waals surface area contributed by atoms with Crippen LogP contribution in [-0.2, 0) is 9.53 Å². The molecule has 0 aromatic heterocycles. The van der Waals surface area contributed by atoms with Gasteiger partial charge in [0.15, 0.2) is 0 Å². The van der Waals surface area contributed by atoms with Crippen LogP contribution in [0.2, 0.25) is 0 Å². The minimum absolute atomic E-state index is 0.0973. The van der Waals surface area contributed by atoms with Crippen molar-refractivity contribution in [1.82, 2.24) is 10.2 Å². The van der Waals surface area contributed by atoms with Gasteiger partial charge in [0.1, 0.15) is 5.60 Å². The van der Waals surface area contributed by atoms with E-state index in [1.165, 1.54) is 0 Å². The van der Waals surface area contributed by atoms with Gasteiger partial charge in [-0.05, 0) is 33.6 Å². The summed E-state index contributed by atoms with van der Waals surface area (Å²) in [5, 5.41) is 2.99. The number of piperidine rings is 1. The average molecular weight is 240 g/mol. The second-order valence-corrected chi connectivity index (χ2v) is 6.02. The Morgan fingerprint density at radius 1 is 1.41 bits per heavy atom. The van der Waals surface area contributed by atoms with Gasteiger partial charge in [-0.25, -0.2) is 4.79 Å². The van der Waals surface area contributed by atoms with E-state index >= 15 is 0 Å². The van der Waals surface area contributed by atoms with Crippen LogP contribution in [-0.4, -0.2) is 41.1 Å². The minimum Gasteiger partial charge on any atom is -0.444 e. The molecule has 0 saturated carbocycles. The number of nitrogens with zero attached hydrogens (tertiary/aromatic N) is 1. The first-order chi connectivity index (χ1) is 7.80. The first-order valence-corrected chi connectivity index (χ1v) is 6.09. The van der Waals surface area contributed by atoms with E-state index in [1.54, 1.807) is 4.90 Å². The zero-order valence-corrected chi connectivity index (χ0v) is 10.7. The van der Waals surface area contributed by atoms with Gasteiger partial charge in [-0.2, -0.15) is 0 Å². The largest absolute Gasteiger partial charge is 0.444 e. The van der Waals surface area contributed by atoms with Gasteiger partial charge in [0.05, 0.1) is 5.54 Å². The molecule has 0 radical (unpaired) electrons. The SMILES string of the molecule is CC(C)(C)OC(=O)N1CC2(CCCC(=O)N2)C1. The summed E-state index contributed by atoms with van der Waals surface area (Å²) in [6.45, 7) is 6.70. The molecule has 17 heavy (non-hydrogen) atoms. The molecular weight excluding hydrogens is 220 g/mol. The second-order valence-electron chi connectivity index (χ2n) is 6.02. The lowest BCUT2D eigenvalue weighted by molar-refractivity contribution is -0.128. The molecule has 0 aromatic rings. The summed E-state index contributed by atoms with van der Waals surface area (Å²) >= 11 is 0. The number of nitrogens with one attached hydrogen (secondary N) is 1. The number of carbonyl (C=O) groups excluding carboxylic acids is 2. The van der Waals surface area contributed by atoms with Crippen LogP contribution in [0.1, 0.15) is 40.0 Å². The Hall–Kier alpha value is -1.26. The predicted molar refractivity (Wildman–Crippen MR) is 62.5 cm³/mol. The number of hydrogen-bond donors (Lipinski definition) is 1. The zero-order chi connectivity index (χ0) is 12.7. The van der Waals surface area contributed by atoms with E-state index in [4.69, 9.17) is 4.74 Å². The highest BCUT2D eigenvalue weighted by molar-refractivity contribution is 5.79. The fourth-order valence-electron chi connectivity index (χ4n) is 2.39. The monoisotopic (exact) mass is 240 g/mol. The molecule has 2 heterocycles. The molecule has 0 atom stereocenters. The van der Waals surface area contributed by atoms with Gasteiger partial charge < -0.3 is 15.0 Å². The van der Waals surface area contributed by atoms with E-state index in [-0.39, 0.29) is 17.5 Å². The van der Waals surface area contributed by atoms with Crippen molar-refractivity contribution < 1.29 is 14.3 Å². The van der Waals surface area contributed by atoms with Crippen LogP contribution in [0.4, 0.5) is 4.79 Å². The second kappa shape index (κ2) is 3.89. The van der Waals surface area contributed by atoms with E-state index in [0.717, 1.165) is 12.8 Å². The number of ether oxygens (including phenoxy) is 1. The fraction of sp³-hybridized carbons (Fsp3) is 0.833. The zero-order valence-electron chi connectivity index (χ0n) is 10.7. The van der Waals surface area contributed by atoms with Crippen molar-refractivity contribution >= 4 is 12.0 Å². The molecule has 5 heteroatoms. The molecule has 2 aliphatic rings. The van der Waals surface area contributed by atoms with Crippen molar-refractivity contribution in [2.24, 2.45) is 0 Å². The average Bonchev–Trinajstić information content (AvgIpc) is 2.10. The molecule has 1 spiro atoms. The molecule has 0 aromatic carbocycles. The Morgan fingerprint density at radius 3 is 2.59 bits per heavy atom. The van der Waals surface area contributed by atoms with Crippen LogP contribution in [0.15, 0.2) is 0 Å². The summed E-state index contributed by atoms with van der Waals surface area (Å²) in [6.07, 6.45) is 2.18. The van der Waals surface area contributed by atoms with Crippen molar-refractivity contribution in [3.63, 3.8) is 0 Å². The fourth-order valence-corrected chi connectivity index (χ4v) is 2.39. The lowest BCUT2D eigenvalue weighted by Crippen LogP contribution is -2.72. The van der Waals surface area contributed by atoms with Gasteiger partial charge in [-0.15, -0.1) is 0 Å². The Kier molecular flexibility index (Phi) is 2.79. The third-order valence-electron chi connectivity index (χ3n) is 3.10. The van der Waals surface area contributed by atoms with Crippen LogP contribution >= 0.6 is 0 Å². The highest BCUT2D eigenvalue weighted by Crippen LogP contribution is 2.30. The van der Waals surface area contributed by atoms with Crippen LogP contribution in [0.5, 0.6) is 0 Å². The molecule has 5 nitrogen and oxygen atoms in total. The number of carbonyl (C=O) groups is 2. The van der Waals surface area contributed by atoms with E-state index < -0.39 is 5.60 Å². The Balaban J connectivity index is 1.85. The van der Waals surface area contributed by atoms with Crippen molar-refractivity contribution in [2.45, 2.75) is 51.2 Å². The van der Waals surface area contributed by atoms with Crippen LogP contribution in [0, 0.1) is 0 Å². The lowest BCUT2D eigenvalue weighted by atomic mass is 9.82. The predicted octanol–water partition coefficient (Wildman–Crippen LogP) is 1.28. The normalized spacial score (nSPS) is 23.0. The molecular formula is C12H20N2O3. The Bertz CT molecular complexity index is 340. The van der Waals surface area contributed by atoms with Crippen molar-refractivity contribution in [1.29, 1.82) is 0 Å². The van der Waals surface area contributed by atoms with E-state index in [1.807, 2.05) is 20.8 Å². The standard InChI is InChI=1S/C12H20N2O3/c1-11(2,3)17-10(16)14-7-12(8-14)6-4-5-9(15)13-12/h4-8H2,1-3H3,(H,13,15). The third kappa shape index (κ3) is 2.70. The number of amides is 2. The van der Waals surface area contributed by atoms with Gasteiger partial charge >= 0.3 is 6.09 Å². The Morgan fingerprint density at radius 2 is 2.06 bits per heavy atom.